The third kappa shape index (κ3) is 2.45. The lowest BCUT2D eigenvalue weighted by Gasteiger charge is -2.01. The van der Waals surface area contributed by atoms with Gasteiger partial charge >= 0.3 is 0 Å². The molecule has 0 radical (unpaired) electrons. The van der Waals surface area contributed by atoms with Gasteiger partial charge in [0.15, 0.2) is 0 Å². The fraction of sp³-hybridized carbons (Fsp3) is 0.167. The van der Waals surface area contributed by atoms with Gasteiger partial charge in [0, 0.05) is 6.20 Å². The van der Waals surface area contributed by atoms with Crippen LogP contribution in [0.25, 0.3) is 4.96 Å². The molecule has 3 heterocycles. The SMILES string of the molecule is Cc1nn2cc(C(=O)NCc3ccccn3)nc2s1. The molecule has 0 aromatic carbocycles. The first kappa shape index (κ1) is 11.8. The number of carbonyl (C=O) groups excluding carboxylic acids is 1. The van der Waals surface area contributed by atoms with E-state index in [0.29, 0.717) is 12.2 Å². The molecule has 0 aliphatic heterocycles. The van der Waals surface area contributed by atoms with Gasteiger partial charge in [-0.3, -0.25) is 9.78 Å². The Kier molecular flexibility index (Phi) is 2.96. The van der Waals surface area contributed by atoms with Crippen LogP contribution in [0.1, 0.15) is 21.2 Å². The number of amides is 1. The van der Waals surface area contributed by atoms with Crippen LogP contribution in [0.3, 0.4) is 0 Å². The van der Waals surface area contributed by atoms with Gasteiger partial charge in [-0.2, -0.15) is 5.10 Å². The number of rotatable bonds is 3. The first-order valence-corrected chi connectivity index (χ1v) is 6.55. The van der Waals surface area contributed by atoms with Crippen molar-refractivity contribution in [3.63, 3.8) is 0 Å². The van der Waals surface area contributed by atoms with Crippen LogP contribution >= 0.6 is 11.3 Å². The summed E-state index contributed by atoms with van der Waals surface area (Å²) in [5, 5.41) is 7.91. The maximum absolute atomic E-state index is 11.9. The molecule has 3 rings (SSSR count). The van der Waals surface area contributed by atoms with Crippen LogP contribution in [0.4, 0.5) is 0 Å². The minimum Gasteiger partial charge on any atom is -0.345 e. The molecule has 0 saturated carbocycles. The van der Waals surface area contributed by atoms with E-state index in [2.05, 4.69) is 20.4 Å². The van der Waals surface area contributed by atoms with Crippen molar-refractivity contribution in [2.24, 2.45) is 0 Å². The Balaban J connectivity index is 1.71. The topological polar surface area (TPSA) is 72.2 Å². The summed E-state index contributed by atoms with van der Waals surface area (Å²) >= 11 is 1.45. The number of hydrogen-bond acceptors (Lipinski definition) is 5. The maximum atomic E-state index is 11.9. The molecular weight excluding hydrogens is 262 g/mol. The quantitative estimate of drug-likeness (QED) is 0.783. The summed E-state index contributed by atoms with van der Waals surface area (Å²) in [6, 6.07) is 5.58. The molecule has 0 spiro atoms. The number of aryl methyl sites for hydroxylation is 1. The number of carbonyl (C=O) groups is 1. The summed E-state index contributed by atoms with van der Waals surface area (Å²) in [5.41, 5.74) is 1.18. The van der Waals surface area contributed by atoms with Gasteiger partial charge in [0.25, 0.3) is 5.91 Å². The molecule has 0 aliphatic rings. The van der Waals surface area contributed by atoms with Crippen LogP contribution in [0.15, 0.2) is 30.6 Å². The fourth-order valence-electron chi connectivity index (χ4n) is 1.67. The lowest BCUT2D eigenvalue weighted by Crippen LogP contribution is -2.23. The first-order chi connectivity index (χ1) is 9.22. The minimum absolute atomic E-state index is 0.221. The van der Waals surface area contributed by atoms with Gasteiger partial charge in [-0.15, -0.1) is 0 Å². The molecular formula is C12H11N5OS. The Morgan fingerprint density at radius 1 is 1.47 bits per heavy atom. The van der Waals surface area contributed by atoms with E-state index < -0.39 is 0 Å². The van der Waals surface area contributed by atoms with Gasteiger partial charge in [-0.05, 0) is 19.1 Å². The normalized spacial score (nSPS) is 10.8. The van der Waals surface area contributed by atoms with Gasteiger partial charge in [-0.1, -0.05) is 17.4 Å². The average Bonchev–Trinajstić information content (AvgIpc) is 2.94. The second-order valence-corrected chi connectivity index (χ2v) is 5.14. The van der Waals surface area contributed by atoms with E-state index in [0.717, 1.165) is 15.7 Å². The Morgan fingerprint density at radius 2 is 2.37 bits per heavy atom. The van der Waals surface area contributed by atoms with E-state index in [9.17, 15) is 4.79 Å². The van der Waals surface area contributed by atoms with Gasteiger partial charge in [-0.25, -0.2) is 9.50 Å². The van der Waals surface area contributed by atoms with Crippen molar-refractivity contribution in [1.29, 1.82) is 0 Å². The van der Waals surface area contributed by atoms with E-state index >= 15 is 0 Å². The number of nitrogens with zero attached hydrogens (tertiary/aromatic N) is 4. The van der Waals surface area contributed by atoms with Crippen LogP contribution in [0, 0.1) is 6.92 Å². The number of pyridine rings is 1. The van der Waals surface area contributed by atoms with Crippen molar-refractivity contribution in [3.05, 3.63) is 47.0 Å². The van der Waals surface area contributed by atoms with Gasteiger partial charge in [0.05, 0.1) is 18.4 Å². The monoisotopic (exact) mass is 273 g/mol. The van der Waals surface area contributed by atoms with Crippen molar-refractivity contribution in [1.82, 2.24) is 24.9 Å². The van der Waals surface area contributed by atoms with Crippen molar-refractivity contribution in [2.75, 3.05) is 0 Å². The molecule has 0 atom stereocenters. The van der Waals surface area contributed by atoms with Gasteiger partial charge in [0.1, 0.15) is 10.7 Å². The van der Waals surface area contributed by atoms with E-state index in [4.69, 9.17) is 0 Å². The highest BCUT2D eigenvalue weighted by Crippen LogP contribution is 2.13. The molecule has 1 N–H and O–H groups in total. The van der Waals surface area contributed by atoms with Crippen LogP contribution in [0.2, 0.25) is 0 Å². The number of nitrogens with one attached hydrogen (secondary N) is 1. The Bertz CT molecular complexity index is 687. The lowest BCUT2D eigenvalue weighted by molar-refractivity contribution is 0.0946. The predicted octanol–water partition coefficient (Wildman–Crippen LogP) is 1.42. The highest BCUT2D eigenvalue weighted by molar-refractivity contribution is 7.16. The minimum atomic E-state index is -0.221. The molecule has 0 unspecified atom stereocenters. The Labute approximate surface area is 113 Å². The fourth-order valence-corrected chi connectivity index (χ4v) is 2.40. The zero-order valence-corrected chi connectivity index (χ0v) is 11.0. The van der Waals surface area contributed by atoms with Crippen LogP contribution in [-0.2, 0) is 6.54 Å². The molecule has 19 heavy (non-hydrogen) atoms. The highest BCUT2D eigenvalue weighted by atomic mass is 32.1. The summed E-state index contributed by atoms with van der Waals surface area (Å²) < 4.78 is 1.62. The van der Waals surface area contributed by atoms with Crippen molar-refractivity contribution in [2.45, 2.75) is 13.5 Å². The Hall–Kier alpha value is -2.28. The standard InChI is InChI=1S/C12H11N5OS/c1-8-16-17-7-10(15-12(17)19-8)11(18)14-6-9-4-2-3-5-13-9/h2-5,7H,6H2,1H3,(H,14,18). The lowest BCUT2D eigenvalue weighted by atomic mass is 10.3. The highest BCUT2D eigenvalue weighted by Gasteiger charge is 2.12. The van der Waals surface area contributed by atoms with Crippen LogP contribution in [0.5, 0.6) is 0 Å². The summed E-state index contributed by atoms with van der Waals surface area (Å²) in [6.07, 6.45) is 3.33. The van der Waals surface area contributed by atoms with Crippen LogP contribution in [-0.4, -0.2) is 25.5 Å². The third-order valence-corrected chi connectivity index (χ3v) is 3.37. The van der Waals surface area contributed by atoms with Gasteiger partial charge < -0.3 is 5.32 Å². The van der Waals surface area contributed by atoms with E-state index in [-0.39, 0.29) is 5.91 Å². The van der Waals surface area contributed by atoms with E-state index in [1.807, 2.05) is 25.1 Å². The van der Waals surface area contributed by atoms with Crippen molar-refractivity contribution in [3.8, 4) is 0 Å². The summed E-state index contributed by atoms with van der Waals surface area (Å²) in [6.45, 7) is 2.29. The van der Waals surface area contributed by atoms with E-state index in [1.165, 1.54) is 11.3 Å². The Morgan fingerprint density at radius 3 is 3.11 bits per heavy atom. The molecule has 96 valence electrons. The largest absolute Gasteiger partial charge is 0.345 e. The number of hydrogen-bond donors (Lipinski definition) is 1. The number of aromatic nitrogens is 4. The molecule has 3 aromatic rings. The average molecular weight is 273 g/mol. The van der Waals surface area contributed by atoms with Crippen molar-refractivity contribution >= 4 is 22.2 Å². The molecule has 3 aromatic heterocycles. The first-order valence-electron chi connectivity index (χ1n) is 5.73. The van der Waals surface area contributed by atoms with Gasteiger partial charge in [0.2, 0.25) is 4.96 Å². The molecule has 7 heteroatoms. The molecule has 0 aliphatic carbocycles. The summed E-state index contributed by atoms with van der Waals surface area (Å²) in [4.78, 5) is 21.0. The predicted molar refractivity (Wildman–Crippen MR) is 71.0 cm³/mol. The van der Waals surface area contributed by atoms with E-state index in [1.54, 1.807) is 16.9 Å². The molecule has 1 amide bonds. The number of imidazole rings is 1. The smallest absolute Gasteiger partial charge is 0.271 e. The summed E-state index contributed by atoms with van der Waals surface area (Å²) in [7, 11) is 0. The number of fused-ring (bicyclic) bond motifs is 1. The van der Waals surface area contributed by atoms with Crippen LogP contribution < -0.4 is 5.32 Å². The molecule has 0 bridgehead atoms. The molecule has 0 saturated heterocycles. The molecule has 6 nitrogen and oxygen atoms in total. The zero-order chi connectivity index (χ0) is 13.2. The zero-order valence-electron chi connectivity index (χ0n) is 10.2. The third-order valence-electron chi connectivity index (χ3n) is 2.53. The maximum Gasteiger partial charge on any atom is 0.271 e. The summed E-state index contributed by atoms with van der Waals surface area (Å²) in [5.74, 6) is -0.221. The molecule has 0 fully saturated rings. The van der Waals surface area contributed by atoms with Crippen molar-refractivity contribution < 1.29 is 4.79 Å². The second kappa shape index (κ2) is 4.77. The second-order valence-electron chi connectivity index (χ2n) is 3.98.